The fourth-order valence-electron chi connectivity index (χ4n) is 0. The summed E-state index contributed by atoms with van der Waals surface area (Å²) in [5.41, 5.74) is 0. The van der Waals surface area contributed by atoms with Gasteiger partial charge in [-0.25, -0.2) is 0 Å². The first-order chi connectivity index (χ1) is 1.50. The monoisotopic (exact) mass is 110 g/mol. The zero-order valence-corrected chi connectivity index (χ0v) is 5.59. The zero-order valence-electron chi connectivity index (χ0n) is 2.62. The van der Waals surface area contributed by atoms with Gasteiger partial charge in [-0.1, -0.05) is 0 Å². The van der Waals surface area contributed by atoms with Gasteiger partial charge in [0.2, 0.25) is 0 Å². The molecule has 1 saturated heterocycles. The Labute approximate surface area is 33.3 Å². The molecule has 0 atom stereocenters. The number of hydrogen-bond donors (Lipinski definition) is 0. The van der Waals surface area contributed by atoms with Crippen LogP contribution in [0.1, 0.15) is 0 Å². The van der Waals surface area contributed by atoms with Crippen molar-refractivity contribution < 1.29 is 22.6 Å². The van der Waals surface area contributed by atoms with Crippen molar-refractivity contribution >= 4 is 0 Å². The van der Waals surface area contributed by atoms with Crippen molar-refractivity contribution in [2.75, 3.05) is 0 Å². The van der Waals surface area contributed by atoms with Crippen molar-refractivity contribution in [2.24, 2.45) is 0 Å². The molecule has 2 heteroatoms. The molecular weight excluding hydrogens is 105 g/mol. The van der Waals surface area contributed by atoms with Crippen LogP contribution in [0.2, 0.25) is 10.0 Å². The Hall–Kier alpha value is 0.583. The van der Waals surface area contributed by atoms with E-state index in [-0.39, 0.29) is 5.48 Å². The average molecular weight is 111 g/mol. The summed E-state index contributed by atoms with van der Waals surface area (Å²) in [6.07, 6.45) is 0. The SMILES string of the molecule is O.[CH2]1[CH2][Zn]1. The van der Waals surface area contributed by atoms with Crippen LogP contribution in [-0.2, 0) is 17.1 Å². The normalized spacial score (nSPS) is 14.0. The van der Waals surface area contributed by atoms with Crippen molar-refractivity contribution in [2.45, 2.75) is 10.0 Å². The Morgan fingerprint density at radius 3 is 1.50 bits per heavy atom. The van der Waals surface area contributed by atoms with Gasteiger partial charge in [-0.05, 0) is 0 Å². The molecule has 0 spiro atoms. The minimum atomic E-state index is 0. The molecule has 1 heterocycles. The van der Waals surface area contributed by atoms with Crippen LogP contribution in [0.25, 0.3) is 0 Å². The molecule has 0 unspecified atom stereocenters. The summed E-state index contributed by atoms with van der Waals surface area (Å²) in [5, 5.41) is 3.38. The van der Waals surface area contributed by atoms with Gasteiger partial charge in [0.25, 0.3) is 0 Å². The molecule has 2 N–H and O–H groups in total. The van der Waals surface area contributed by atoms with Crippen LogP contribution in [0.5, 0.6) is 0 Å². The molecular formula is C2H6OZn. The van der Waals surface area contributed by atoms with E-state index < -0.39 is 0 Å². The fraction of sp³-hybridized carbons (Fsp3) is 1.00. The van der Waals surface area contributed by atoms with E-state index in [0.717, 1.165) is 0 Å². The number of hydrogen-bond acceptors (Lipinski definition) is 0. The molecule has 0 saturated carbocycles. The van der Waals surface area contributed by atoms with Crippen LogP contribution in [-0.4, -0.2) is 5.48 Å². The van der Waals surface area contributed by atoms with Gasteiger partial charge in [0, 0.05) is 0 Å². The Bertz CT molecular complexity index is 10.8. The molecule has 0 radical (unpaired) electrons. The third-order valence-corrected chi connectivity index (χ3v) is 1.84. The molecule has 0 aromatic carbocycles. The molecule has 0 bridgehead atoms. The van der Waals surface area contributed by atoms with E-state index in [1.165, 1.54) is 0 Å². The van der Waals surface area contributed by atoms with Crippen LogP contribution in [0.4, 0.5) is 0 Å². The minimum absolute atomic E-state index is 0. The summed E-state index contributed by atoms with van der Waals surface area (Å²) in [5.74, 6) is 0. The first-order valence-corrected chi connectivity index (χ1v) is 5.70. The standard InChI is InChI=1S/C2H4.H2O.Zn/c1-2;;/h1-2H2;1H2;. The Morgan fingerprint density at radius 1 is 1.25 bits per heavy atom. The quantitative estimate of drug-likeness (QED) is 0.397. The fourth-order valence-corrected chi connectivity index (χ4v) is 0. The van der Waals surface area contributed by atoms with Crippen LogP contribution in [0.3, 0.4) is 0 Å². The Morgan fingerprint density at radius 2 is 1.50 bits per heavy atom. The van der Waals surface area contributed by atoms with Crippen LogP contribution in [0, 0.1) is 0 Å². The van der Waals surface area contributed by atoms with E-state index in [1.54, 1.807) is 10.0 Å². The molecule has 1 fully saturated rings. The van der Waals surface area contributed by atoms with Crippen LogP contribution < -0.4 is 0 Å². The van der Waals surface area contributed by atoms with Crippen molar-refractivity contribution in [3.05, 3.63) is 0 Å². The van der Waals surface area contributed by atoms with Gasteiger partial charge in [-0.3, -0.25) is 0 Å². The summed E-state index contributed by atoms with van der Waals surface area (Å²) in [6, 6.07) is 0. The molecule has 1 rings (SSSR count). The first-order valence-electron chi connectivity index (χ1n) is 1.50. The third-order valence-electron chi connectivity index (χ3n) is 0.354. The molecule has 0 aromatic heterocycles. The van der Waals surface area contributed by atoms with Gasteiger partial charge in [-0.2, -0.15) is 0 Å². The summed E-state index contributed by atoms with van der Waals surface area (Å²) in [4.78, 5) is 0. The van der Waals surface area contributed by atoms with Gasteiger partial charge in [0.15, 0.2) is 0 Å². The second-order valence-corrected chi connectivity index (χ2v) is 5.51. The topological polar surface area (TPSA) is 31.5 Å². The number of rotatable bonds is 0. The van der Waals surface area contributed by atoms with E-state index in [9.17, 15) is 0 Å². The van der Waals surface area contributed by atoms with Crippen molar-refractivity contribution in [1.29, 1.82) is 0 Å². The van der Waals surface area contributed by atoms with E-state index in [0.29, 0.717) is 17.1 Å². The van der Waals surface area contributed by atoms with E-state index in [4.69, 9.17) is 0 Å². The maximum absolute atomic E-state index is 1.69. The molecule has 0 aliphatic carbocycles. The summed E-state index contributed by atoms with van der Waals surface area (Å²) in [7, 11) is 0. The summed E-state index contributed by atoms with van der Waals surface area (Å²) >= 11 is 0.375. The van der Waals surface area contributed by atoms with Gasteiger partial charge < -0.3 is 5.48 Å². The third kappa shape index (κ3) is 2.58. The van der Waals surface area contributed by atoms with E-state index in [2.05, 4.69) is 0 Å². The van der Waals surface area contributed by atoms with E-state index >= 15 is 0 Å². The maximum atomic E-state index is 1.69. The zero-order chi connectivity index (χ0) is 2.12. The van der Waals surface area contributed by atoms with E-state index in [1.807, 2.05) is 0 Å². The molecule has 4 heavy (non-hydrogen) atoms. The molecule has 22 valence electrons. The predicted octanol–water partition coefficient (Wildman–Crippen LogP) is 0.0944. The molecule has 1 aliphatic rings. The average Bonchev–Trinajstić information content (AvgIpc) is 1.46. The van der Waals surface area contributed by atoms with Crippen LogP contribution >= 0.6 is 0 Å². The summed E-state index contributed by atoms with van der Waals surface area (Å²) in [6.45, 7) is 0. The van der Waals surface area contributed by atoms with Crippen molar-refractivity contribution in [1.82, 2.24) is 0 Å². The second-order valence-electron chi connectivity index (χ2n) is 1.06. The molecule has 0 aromatic rings. The molecule has 0 amide bonds. The predicted molar refractivity (Wildman–Crippen MR) is 13.2 cm³/mol. The van der Waals surface area contributed by atoms with Gasteiger partial charge in [-0.15, -0.1) is 0 Å². The Kier molecular flexibility index (Phi) is 2.13. The second kappa shape index (κ2) is 1.86. The molecule has 1 aliphatic heterocycles. The van der Waals surface area contributed by atoms with Crippen molar-refractivity contribution in [3.8, 4) is 0 Å². The van der Waals surface area contributed by atoms with Crippen molar-refractivity contribution in [3.63, 3.8) is 0 Å². The van der Waals surface area contributed by atoms with Crippen LogP contribution in [0.15, 0.2) is 0 Å². The van der Waals surface area contributed by atoms with Gasteiger partial charge in [0.05, 0.1) is 0 Å². The Balaban J connectivity index is 0.0000000900. The van der Waals surface area contributed by atoms with Gasteiger partial charge >= 0.3 is 27.2 Å². The first kappa shape index (κ1) is 4.58. The summed E-state index contributed by atoms with van der Waals surface area (Å²) < 4.78 is 0. The van der Waals surface area contributed by atoms with Gasteiger partial charge in [0.1, 0.15) is 0 Å². The molecule has 1 nitrogen and oxygen atoms in total.